The van der Waals surface area contributed by atoms with Crippen molar-refractivity contribution in [2.45, 2.75) is 0 Å². The Labute approximate surface area is 87.3 Å². The van der Waals surface area contributed by atoms with Gasteiger partial charge in [0.05, 0.1) is 0 Å². The molecule has 0 heterocycles. The van der Waals surface area contributed by atoms with Crippen LogP contribution < -0.4 is 4.90 Å². The van der Waals surface area contributed by atoms with Crippen molar-refractivity contribution in [1.29, 1.82) is 0 Å². The third kappa shape index (κ3) is 2.46. The average molecular weight is 208 g/mol. The number of carboxylic acid groups (broad SMARTS) is 1. The van der Waals surface area contributed by atoms with Crippen LogP contribution in [0.5, 0.6) is 0 Å². The number of rotatable bonds is 3. The number of carboxylic acids is 1. The minimum absolute atomic E-state index is 0.361. The summed E-state index contributed by atoms with van der Waals surface area (Å²) in [6, 6.07) is 6.70. The first-order valence-corrected chi connectivity index (χ1v) is 4.29. The summed E-state index contributed by atoms with van der Waals surface area (Å²) >= 11 is 0. The third-order valence-corrected chi connectivity index (χ3v) is 1.96. The van der Waals surface area contributed by atoms with Crippen molar-refractivity contribution in [2.75, 3.05) is 19.0 Å². The normalized spacial score (nSPS) is 11.2. The Morgan fingerprint density at radius 3 is 2.13 bits per heavy atom. The molecule has 0 spiro atoms. The van der Waals surface area contributed by atoms with Gasteiger partial charge in [-0.3, -0.25) is 0 Å². The quantitative estimate of drug-likeness (QED) is 0.442. The number of anilines is 1. The second kappa shape index (κ2) is 4.45. The molecule has 0 radical (unpaired) electrons. The summed E-state index contributed by atoms with van der Waals surface area (Å²) < 4.78 is 0. The standard InChI is InChI=1S/C10H12N2O3/c1-12(2)8-5-3-7(4-6-8)9(11-15)10(13)14/h3-6,15H,1-2H3,(H,13,14). The lowest BCUT2D eigenvalue weighted by Crippen LogP contribution is -2.15. The maximum atomic E-state index is 10.6. The Bertz CT molecular complexity index is 382. The number of aliphatic carboxylic acids is 1. The molecule has 5 nitrogen and oxygen atoms in total. The topological polar surface area (TPSA) is 73.1 Å². The van der Waals surface area contributed by atoms with Gasteiger partial charge in [0, 0.05) is 25.3 Å². The van der Waals surface area contributed by atoms with E-state index in [2.05, 4.69) is 5.16 Å². The van der Waals surface area contributed by atoms with E-state index in [4.69, 9.17) is 10.3 Å². The van der Waals surface area contributed by atoms with Gasteiger partial charge in [0.1, 0.15) is 0 Å². The number of oxime groups is 1. The lowest BCUT2D eigenvalue weighted by Gasteiger charge is -2.12. The van der Waals surface area contributed by atoms with Crippen molar-refractivity contribution in [3.8, 4) is 0 Å². The van der Waals surface area contributed by atoms with Gasteiger partial charge in [0.15, 0.2) is 5.71 Å². The van der Waals surface area contributed by atoms with Gasteiger partial charge in [0.2, 0.25) is 0 Å². The third-order valence-electron chi connectivity index (χ3n) is 1.96. The number of carbonyl (C=O) groups is 1. The molecule has 2 N–H and O–H groups in total. The van der Waals surface area contributed by atoms with Crippen LogP contribution in [0.2, 0.25) is 0 Å². The molecule has 0 saturated heterocycles. The minimum Gasteiger partial charge on any atom is -0.476 e. The minimum atomic E-state index is -1.25. The van der Waals surface area contributed by atoms with E-state index in [1.807, 2.05) is 19.0 Å². The van der Waals surface area contributed by atoms with Crippen molar-refractivity contribution in [3.63, 3.8) is 0 Å². The molecule has 1 aromatic carbocycles. The molecule has 15 heavy (non-hydrogen) atoms. The highest BCUT2D eigenvalue weighted by molar-refractivity contribution is 6.42. The van der Waals surface area contributed by atoms with E-state index in [0.29, 0.717) is 5.56 Å². The van der Waals surface area contributed by atoms with Gasteiger partial charge in [-0.25, -0.2) is 4.79 Å². The van der Waals surface area contributed by atoms with E-state index in [-0.39, 0.29) is 5.71 Å². The van der Waals surface area contributed by atoms with Crippen LogP contribution in [-0.4, -0.2) is 36.1 Å². The van der Waals surface area contributed by atoms with Gasteiger partial charge in [-0.1, -0.05) is 17.3 Å². The van der Waals surface area contributed by atoms with Crippen LogP contribution in [-0.2, 0) is 4.79 Å². The summed E-state index contributed by atoms with van der Waals surface area (Å²) in [4.78, 5) is 12.5. The van der Waals surface area contributed by atoms with Crippen molar-refractivity contribution >= 4 is 17.4 Å². The van der Waals surface area contributed by atoms with Crippen LogP contribution in [0.25, 0.3) is 0 Å². The van der Waals surface area contributed by atoms with E-state index in [9.17, 15) is 4.79 Å². The monoisotopic (exact) mass is 208 g/mol. The maximum absolute atomic E-state index is 10.6. The van der Waals surface area contributed by atoms with Gasteiger partial charge < -0.3 is 15.2 Å². The number of hydrogen-bond acceptors (Lipinski definition) is 4. The van der Waals surface area contributed by atoms with E-state index in [1.54, 1.807) is 24.3 Å². The van der Waals surface area contributed by atoms with Crippen molar-refractivity contribution < 1.29 is 15.1 Å². The molecule has 0 saturated carbocycles. The summed E-state index contributed by atoms with van der Waals surface area (Å²) in [6.07, 6.45) is 0. The first-order valence-electron chi connectivity index (χ1n) is 4.29. The van der Waals surface area contributed by atoms with Gasteiger partial charge >= 0.3 is 5.97 Å². The van der Waals surface area contributed by atoms with Gasteiger partial charge in [0.25, 0.3) is 0 Å². The predicted molar refractivity (Wildman–Crippen MR) is 56.7 cm³/mol. The highest BCUT2D eigenvalue weighted by atomic mass is 16.4. The Morgan fingerprint density at radius 2 is 1.80 bits per heavy atom. The maximum Gasteiger partial charge on any atom is 0.358 e. The fourth-order valence-corrected chi connectivity index (χ4v) is 1.14. The molecule has 5 heteroatoms. The summed E-state index contributed by atoms with van der Waals surface area (Å²) in [6.45, 7) is 0. The fraction of sp³-hybridized carbons (Fsp3) is 0.200. The van der Waals surface area contributed by atoms with E-state index in [0.717, 1.165) is 5.69 Å². The van der Waals surface area contributed by atoms with E-state index < -0.39 is 5.97 Å². The molecular weight excluding hydrogens is 196 g/mol. The second-order valence-corrected chi connectivity index (χ2v) is 3.20. The zero-order chi connectivity index (χ0) is 11.4. The van der Waals surface area contributed by atoms with E-state index in [1.165, 1.54) is 0 Å². The molecule has 0 aliphatic carbocycles. The molecule has 0 aliphatic heterocycles. The van der Waals surface area contributed by atoms with Crippen LogP contribution in [0.1, 0.15) is 5.56 Å². The smallest absolute Gasteiger partial charge is 0.358 e. The Balaban J connectivity index is 3.03. The average Bonchev–Trinajstić information content (AvgIpc) is 2.19. The first-order chi connectivity index (χ1) is 7.06. The molecule has 0 aliphatic rings. The van der Waals surface area contributed by atoms with Crippen molar-refractivity contribution in [2.24, 2.45) is 5.16 Å². The van der Waals surface area contributed by atoms with E-state index >= 15 is 0 Å². The summed E-state index contributed by atoms with van der Waals surface area (Å²) in [5.74, 6) is -1.25. The zero-order valence-electron chi connectivity index (χ0n) is 8.51. The summed E-state index contributed by atoms with van der Waals surface area (Å²) in [5.41, 5.74) is 0.956. The Kier molecular flexibility index (Phi) is 3.28. The van der Waals surface area contributed by atoms with Crippen LogP contribution >= 0.6 is 0 Å². The lowest BCUT2D eigenvalue weighted by atomic mass is 10.1. The van der Waals surface area contributed by atoms with Crippen molar-refractivity contribution in [1.82, 2.24) is 0 Å². The number of hydrogen-bond donors (Lipinski definition) is 2. The zero-order valence-corrected chi connectivity index (χ0v) is 8.51. The summed E-state index contributed by atoms with van der Waals surface area (Å²) in [5, 5.41) is 20.0. The van der Waals surface area contributed by atoms with Crippen LogP contribution in [0.15, 0.2) is 29.4 Å². The highest BCUT2D eigenvalue weighted by Gasteiger charge is 2.12. The molecule has 0 amide bonds. The molecule has 0 fully saturated rings. The number of benzene rings is 1. The molecule has 1 aromatic rings. The molecular formula is C10H12N2O3. The first kappa shape index (κ1) is 11.0. The lowest BCUT2D eigenvalue weighted by molar-refractivity contribution is -0.129. The largest absolute Gasteiger partial charge is 0.476 e. The van der Waals surface area contributed by atoms with Gasteiger partial charge in [-0.05, 0) is 12.1 Å². The van der Waals surface area contributed by atoms with Gasteiger partial charge in [-0.15, -0.1) is 0 Å². The predicted octanol–water partition coefficient (Wildman–Crippen LogP) is 1.02. The van der Waals surface area contributed by atoms with Crippen LogP contribution in [0.4, 0.5) is 5.69 Å². The molecule has 0 aromatic heterocycles. The molecule has 0 atom stereocenters. The summed E-state index contributed by atoms with van der Waals surface area (Å²) in [7, 11) is 3.76. The Hall–Kier alpha value is -2.04. The second-order valence-electron chi connectivity index (χ2n) is 3.20. The SMILES string of the molecule is CN(C)c1ccc(C(=NO)C(=O)O)cc1. The molecule has 80 valence electrons. The van der Waals surface area contributed by atoms with Crippen LogP contribution in [0.3, 0.4) is 0 Å². The fourth-order valence-electron chi connectivity index (χ4n) is 1.14. The molecule has 1 rings (SSSR count). The number of nitrogens with zero attached hydrogens (tertiary/aromatic N) is 2. The molecule has 0 unspecified atom stereocenters. The molecule has 0 bridgehead atoms. The van der Waals surface area contributed by atoms with Gasteiger partial charge in [-0.2, -0.15) is 0 Å². The highest BCUT2D eigenvalue weighted by Crippen LogP contribution is 2.12. The van der Waals surface area contributed by atoms with Crippen LogP contribution in [0, 0.1) is 0 Å². The van der Waals surface area contributed by atoms with Crippen molar-refractivity contribution in [3.05, 3.63) is 29.8 Å². The Morgan fingerprint density at radius 1 is 1.27 bits per heavy atom.